The summed E-state index contributed by atoms with van der Waals surface area (Å²) in [5.74, 6) is -0.842. The average molecular weight is 278 g/mol. The van der Waals surface area contributed by atoms with E-state index in [1.165, 1.54) is 4.57 Å². The lowest BCUT2D eigenvalue weighted by molar-refractivity contribution is -0.390. The van der Waals surface area contributed by atoms with E-state index in [1.54, 1.807) is 6.92 Å². The van der Waals surface area contributed by atoms with Crippen LogP contribution >= 0.6 is 15.9 Å². The maximum Gasteiger partial charge on any atom is 0.396 e. The van der Waals surface area contributed by atoms with Crippen molar-refractivity contribution in [2.75, 3.05) is 0 Å². The van der Waals surface area contributed by atoms with Crippen LogP contribution in [0.15, 0.2) is 4.60 Å². The zero-order valence-electron chi connectivity index (χ0n) is 7.81. The lowest BCUT2D eigenvalue weighted by Crippen LogP contribution is -2.06. The topological polar surface area (TPSA) is 98.3 Å². The van der Waals surface area contributed by atoms with Gasteiger partial charge in [-0.2, -0.15) is 0 Å². The molecule has 0 atom stereocenters. The Morgan fingerprint density at radius 2 is 2.33 bits per heavy atom. The van der Waals surface area contributed by atoms with Gasteiger partial charge in [-0.3, -0.25) is 9.36 Å². The van der Waals surface area contributed by atoms with Crippen molar-refractivity contribution in [2.45, 2.75) is 19.9 Å². The highest BCUT2D eigenvalue weighted by Crippen LogP contribution is 2.25. The fourth-order valence-corrected chi connectivity index (χ4v) is 1.77. The highest BCUT2D eigenvalue weighted by atomic mass is 79.9. The van der Waals surface area contributed by atoms with Crippen molar-refractivity contribution in [3.8, 4) is 0 Å². The number of carboxylic acid groups (broad SMARTS) is 1. The van der Waals surface area contributed by atoms with Crippen molar-refractivity contribution in [1.82, 2.24) is 9.55 Å². The molecule has 0 aliphatic heterocycles. The van der Waals surface area contributed by atoms with E-state index < -0.39 is 10.9 Å². The third-order valence-electron chi connectivity index (χ3n) is 1.80. The molecule has 82 valence electrons. The number of aryl methyl sites for hydroxylation is 1. The van der Waals surface area contributed by atoms with Crippen LogP contribution < -0.4 is 0 Å². The number of hydrogen-bond donors (Lipinski definition) is 1. The molecule has 0 saturated carbocycles. The number of nitro groups is 1. The summed E-state index contributed by atoms with van der Waals surface area (Å²) >= 11 is 3.02. The SMILES string of the molecule is Cc1nc([N+](=O)[O-])c(Br)n1CCC(=O)O. The number of nitrogens with zero attached hydrogens (tertiary/aromatic N) is 3. The van der Waals surface area contributed by atoms with Crippen LogP contribution in [0.25, 0.3) is 0 Å². The molecule has 1 rings (SSSR count). The van der Waals surface area contributed by atoms with Crippen molar-refractivity contribution < 1.29 is 14.8 Å². The molecule has 0 spiro atoms. The van der Waals surface area contributed by atoms with E-state index in [9.17, 15) is 14.9 Å². The Kier molecular flexibility index (Phi) is 3.40. The number of hydrogen-bond acceptors (Lipinski definition) is 4. The highest BCUT2D eigenvalue weighted by Gasteiger charge is 2.23. The van der Waals surface area contributed by atoms with E-state index in [-0.39, 0.29) is 23.4 Å². The van der Waals surface area contributed by atoms with Gasteiger partial charge in [0.05, 0.1) is 6.42 Å². The van der Waals surface area contributed by atoms with Crippen molar-refractivity contribution in [2.24, 2.45) is 0 Å². The minimum absolute atomic E-state index is 0.104. The maximum absolute atomic E-state index is 10.5. The van der Waals surface area contributed by atoms with E-state index in [1.807, 2.05) is 0 Å². The summed E-state index contributed by atoms with van der Waals surface area (Å²) in [4.78, 5) is 24.0. The number of carboxylic acids is 1. The second kappa shape index (κ2) is 4.39. The molecule has 15 heavy (non-hydrogen) atoms. The minimum Gasteiger partial charge on any atom is -0.481 e. The number of aromatic nitrogens is 2. The first-order valence-electron chi connectivity index (χ1n) is 4.02. The molecule has 0 aliphatic rings. The first kappa shape index (κ1) is 11.6. The van der Waals surface area contributed by atoms with Gasteiger partial charge in [0.1, 0.15) is 0 Å². The third-order valence-corrected chi connectivity index (χ3v) is 2.58. The predicted molar refractivity (Wildman–Crippen MR) is 53.6 cm³/mol. The Labute approximate surface area is 93.0 Å². The van der Waals surface area contributed by atoms with Crippen LogP contribution in [0, 0.1) is 17.0 Å². The van der Waals surface area contributed by atoms with Crippen LogP contribution in [-0.4, -0.2) is 25.6 Å². The molecule has 1 heterocycles. The molecule has 1 aromatic rings. The molecule has 0 unspecified atom stereocenters. The lowest BCUT2D eigenvalue weighted by Gasteiger charge is -2.00. The Bertz CT molecular complexity index is 415. The minimum atomic E-state index is -0.961. The van der Waals surface area contributed by atoms with Gasteiger partial charge in [0.15, 0.2) is 4.60 Å². The largest absolute Gasteiger partial charge is 0.481 e. The van der Waals surface area contributed by atoms with Crippen molar-refractivity contribution >= 4 is 27.7 Å². The van der Waals surface area contributed by atoms with Gasteiger partial charge in [0, 0.05) is 13.5 Å². The monoisotopic (exact) mass is 277 g/mol. The zero-order chi connectivity index (χ0) is 11.6. The predicted octanol–water partition coefficient (Wildman–Crippen LogP) is 1.34. The van der Waals surface area contributed by atoms with E-state index in [0.29, 0.717) is 5.82 Å². The molecule has 1 N–H and O–H groups in total. The van der Waals surface area contributed by atoms with Crippen molar-refractivity contribution in [3.63, 3.8) is 0 Å². The Morgan fingerprint density at radius 1 is 1.73 bits per heavy atom. The molecular weight excluding hydrogens is 270 g/mol. The number of imidazole rings is 1. The quantitative estimate of drug-likeness (QED) is 0.661. The van der Waals surface area contributed by atoms with E-state index in [4.69, 9.17) is 5.11 Å². The Hall–Kier alpha value is -1.44. The molecule has 0 saturated heterocycles. The molecule has 0 bridgehead atoms. The summed E-state index contributed by atoms with van der Waals surface area (Å²) in [6.45, 7) is 1.74. The van der Waals surface area contributed by atoms with E-state index in [2.05, 4.69) is 20.9 Å². The van der Waals surface area contributed by atoms with Crippen LogP contribution in [-0.2, 0) is 11.3 Å². The fraction of sp³-hybridized carbons (Fsp3) is 0.429. The average Bonchev–Trinajstić information content (AvgIpc) is 2.39. The van der Waals surface area contributed by atoms with Crippen LogP contribution in [0.5, 0.6) is 0 Å². The normalized spacial score (nSPS) is 10.3. The van der Waals surface area contributed by atoms with Crippen LogP contribution in [0.1, 0.15) is 12.2 Å². The molecule has 8 heteroatoms. The van der Waals surface area contributed by atoms with Gasteiger partial charge in [0.25, 0.3) is 0 Å². The molecule has 0 fully saturated rings. The van der Waals surface area contributed by atoms with Gasteiger partial charge >= 0.3 is 11.8 Å². The Balaban J connectivity index is 2.97. The van der Waals surface area contributed by atoms with Gasteiger partial charge in [0.2, 0.25) is 5.82 Å². The van der Waals surface area contributed by atoms with Gasteiger partial charge in [-0.1, -0.05) is 0 Å². The standard InChI is InChI=1S/C7H8BrN3O4/c1-4-9-7(11(14)15)6(8)10(4)3-2-5(12)13/h2-3H2,1H3,(H,12,13). The second-order valence-corrected chi connectivity index (χ2v) is 3.58. The molecule has 0 aromatic carbocycles. The highest BCUT2D eigenvalue weighted by molar-refractivity contribution is 9.10. The summed E-state index contributed by atoms with van der Waals surface area (Å²) in [6.07, 6.45) is -0.104. The Morgan fingerprint density at radius 3 is 2.73 bits per heavy atom. The van der Waals surface area contributed by atoms with E-state index >= 15 is 0 Å². The van der Waals surface area contributed by atoms with Crippen molar-refractivity contribution in [1.29, 1.82) is 0 Å². The summed E-state index contributed by atoms with van der Waals surface area (Å²) in [5, 5.41) is 19.0. The maximum atomic E-state index is 10.5. The van der Waals surface area contributed by atoms with Crippen LogP contribution in [0.3, 0.4) is 0 Å². The summed E-state index contributed by atoms with van der Waals surface area (Å²) in [7, 11) is 0. The summed E-state index contributed by atoms with van der Waals surface area (Å²) in [5.41, 5.74) is 0. The molecule has 0 amide bonds. The molecule has 1 aromatic heterocycles. The fourth-order valence-electron chi connectivity index (χ4n) is 1.11. The molecule has 7 nitrogen and oxygen atoms in total. The van der Waals surface area contributed by atoms with Crippen LogP contribution in [0.2, 0.25) is 0 Å². The molecule has 0 aliphatic carbocycles. The summed E-state index contributed by atoms with van der Waals surface area (Å²) in [6, 6.07) is 0. The molecular formula is C7H8BrN3O4. The number of carbonyl (C=O) groups is 1. The van der Waals surface area contributed by atoms with Crippen LogP contribution in [0.4, 0.5) is 5.82 Å². The van der Waals surface area contributed by atoms with Gasteiger partial charge in [-0.25, -0.2) is 0 Å². The third kappa shape index (κ3) is 2.52. The van der Waals surface area contributed by atoms with E-state index in [0.717, 1.165) is 0 Å². The second-order valence-electron chi connectivity index (χ2n) is 2.83. The first-order valence-corrected chi connectivity index (χ1v) is 4.81. The smallest absolute Gasteiger partial charge is 0.396 e. The van der Waals surface area contributed by atoms with Gasteiger partial charge < -0.3 is 15.2 Å². The number of halogens is 1. The van der Waals surface area contributed by atoms with Crippen molar-refractivity contribution in [3.05, 3.63) is 20.5 Å². The molecule has 0 radical (unpaired) electrons. The lowest BCUT2D eigenvalue weighted by atomic mass is 10.4. The first-order chi connectivity index (χ1) is 6.93. The zero-order valence-corrected chi connectivity index (χ0v) is 9.39. The number of rotatable bonds is 4. The van der Waals surface area contributed by atoms with Gasteiger partial charge in [-0.05, 0) is 25.8 Å². The summed E-state index contributed by atoms with van der Waals surface area (Å²) < 4.78 is 1.65. The number of aliphatic carboxylic acids is 1. The van der Waals surface area contributed by atoms with Gasteiger partial charge in [-0.15, -0.1) is 0 Å².